The van der Waals surface area contributed by atoms with Crippen molar-refractivity contribution in [1.29, 1.82) is 0 Å². The summed E-state index contributed by atoms with van der Waals surface area (Å²) >= 11 is 0. The number of carbonyl (C=O) groups excluding carboxylic acids is 2. The number of nitro groups is 1. The standard InChI is InChI=1S/C50H56N4O12S/c1-4-26-63-50-47(53(3)67(61,62)41-21-16-37(17-22-41)51-33(2)58)30-45(52-64-32-34-14-18-38(19-15-34)54(59)60)43-28-36(11-5-7-24-55)42(13-6-8-25-56)48(49(43)50)44-29-40(20-23-46(44)66-50)65-39-12-9-10-35(27-39)31-57/h4,9-10,12,14-23,27-29,31,36,42,47-49,55-56H,1,5-8,11,13,24-26,30,32H2,2-3H3,(H,51,58)/t36-,42+,47-,48+,49+,50+/m0/s1. The molecule has 0 radical (unpaired) electrons. The van der Waals surface area contributed by atoms with Gasteiger partial charge in [-0.1, -0.05) is 42.3 Å². The van der Waals surface area contributed by atoms with Gasteiger partial charge in [0.15, 0.2) is 0 Å². The van der Waals surface area contributed by atoms with Crippen molar-refractivity contribution in [1.82, 2.24) is 4.31 Å². The third kappa shape index (κ3) is 10.7. The highest BCUT2D eigenvalue weighted by atomic mass is 32.2. The molecule has 1 saturated carbocycles. The number of carbonyl (C=O) groups is 2. The molecule has 0 bridgehead atoms. The SMILES string of the molecule is C=CCO[C@@]12Oc3ccc(Oc4cccc(C=O)c4)cc3[C@H]3[C@H](CCCCO)[C@@H](CCCCO)C=C(C(=NOCc4ccc([N+](=O)[O-])cc4)C[C@@H]1N(C)S(=O)(=O)c1ccc(NC(C)=O)cc1)[C@H]32. The third-order valence-electron chi connectivity index (χ3n) is 12.7. The minimum absolute atomic E-state index is 0.000430. The first-order valence-corrected chi connectivity index (χ1v) is 23.8. The van der Waals surface area contributed by atoms with E-state index in [1.807, 2.05) is 6.07 Å². The highest BCUT2D eigenvalue weighted by Gasteiger charge is 2.65. The number of benzene rings is 4. The minimum atomic E-state index is -4.33. The molecule has 6 atom stereocenters. The number of likely N-dealkylation sites (N-methyl/N-ethyl adjacent to an activating group) is 1. The van der Waals surface area contributed by atoms with Gasteiger partial charge in [0.25, 0.3) is 5.69 Å². The lowest BCUT2D eigenvalue weighted by molar-refractivity contribution is -0.384. The molecule has 7 rings (SSSR count). The number of nitro benzene ring substituents is 1. The number of allylic oxidation sites excluding steroid dienone is 1. The number of unbranched alkanes of at least 4 members (excludes halogenated alkanes) is 2. The number of anilines is 1. The Hall–Kier alpha value is -6.24. The summed E-state index contributed by atoms with van der Waals surface area (Å²) in [5, 5.41) is 38.7. The number of non-ortho nitro benzene ring substituents is 1. The number of aldehydes is 1. The second kappa shape index (κ2) is 21.6. The number of nitrogens with zero attached hydrogens (tertiary/aromatic N) is 3. The summed E-state index contributed by atoms with van der Waals surface area (Å²) < 4.78 is 51.6. The van der Waals surface area contributed by atoms with Gasteiger partial charge in [0.2, 0.25) is 21.7 Å². The third-order valence-corrected chi connectivity index (χ3v) is 14.6. The molecule has 1 aliphatic heterocycles. The van der Waals surface area contributed by atoms with Gasteiger partial charge in [0.1, 0.15) is 30.1 Å². The van der Waals surface area contributed by atoms with Crippen molar-refractivity contribution < 1.29 is 52.2 Å². The van der Waals surface area contributed by atoms with Crippen LogP contribution in [0.15, 0.2) is 125 Å². The quantitative estimate of drug-likeness (QED) is 0.0223. The number of sulfonamides is 1. The Balaban J connectivity index is 1.42. The number of ether oxygens (including phenoxy) is 3. The number of nitrogens with one attached hydrogen (secondary N) is 1. The summed E-state index contributed by atoms with van der Waals surface area (Å²) in [5.41, 5.74) is 3.38. The summed E-state index contributed by atoms with van der Waals surface area (Å²) in [6.07, 6.45) is 8.36. The lowest BCUT2D eigenvalue weighted by atomic mass is 9.55. The van der Waals surface area contributed by atoms with Crippen LogP contribution in [-0.4, -0.2) is 84.5 Å². The number of aliphatic hydroxyl groups is 2. The van der Waals surface area contributed by atoms with Crippen molar-refractivity contribution in [3.8, 4) is 17.2 Å². The van der Waals surface area contributed by atoms with E-state index >= 15 is 0 Å². The first-order chi connectivity index (χ1) is 32.3. The fourth-order valence-electron chi connectivity index (χ4n) is 9.70. The molecule has 0 saturated heterocycles. The smallest absolute Gasteiger partial charge is 0.269 e. The normalized spacial score (nSPS) is 22.4. The predicted octanol–water partition coefficient (Wildman–Crippen LogP) is 8.31. The van der Waals surface area contributed by atoms with E-state index in [9.17, 15) is 38.3 Å². The van der Waals surface area contributed by atoms with E-state index in [0.29, 0.717) is 78.3 Å². The van der Waals surface area contributed by atoms with E-state index in [0.717, 1.165) is 17.4 Å². The fraction of sp³-hybridized carbons (Fsp3) is 0.380. The van der Waals surface area contributed by atoms with Gasteiger partial charge in [-0.3, -0.25) is 19.7 Å². The van der Waals surface area contributed by atoms with Crippen LogP contribution < -0.4 is 14.8 Å². The Kier molecular flexibility index (Phi) is 15.7. The molecular formula is C50H56N4O12S. The first kappa shape index (κ1) is 48.7. The summed E-state index contributed by atoms with van der Waals surface area (Å²) in [7, 11) is -2.86. The number of hydrogen-bond donors (Lipinski definition) is 3. The molecule has 1 fully saturated rings. The van der Waals surface area contributed by atoms with E-state index in [1.165, 1.54) is 54.7 Å². The summed E-state index contributed by atoms with van der Waals surface area (Å²) in [4.78, 5) is 40.4. The molecule has 4 aromatic carbocycles. The lowest BCUT2D eigenvalue weighted by Gasteiger charge is -2.59. The largest absolute Gasteiger partial charge is 0.460 e. The predicted molar refractivity (Wildman–Crippen MR) is 250 cm³/mol. The van der Waals surface area contributed by atoms with E-state index in [1.54, 1.807) is 54.6 Å². The van der Waals surface area contributed by atoms with Gasteiger partial charge in [0, 0.05) is 68.5 Å². The highest BCUT2D eigenvalue weighted by molar-refractivity contribution is 7.89. The number of aliphatic hydroxyl groups excluding tert-OH is 2. The van der Waals surface area contributed by atoms with E-state index < -0.39 is 38.6 Å². The maximum atomic E-state index is 14.9. The number of hydrogen-bond acceptors (Lipinski definition) is 13. The van der Waals surface area contributed by atoms with Gasteiger partial charge in [-0.25, -0.2) is 8.42 Å². The molecule has 16 nitrogen and oxygen atoms in total. The van der Waals surface area contributed by atoms with Crippen LogP contribution in [0.4, 0.5) is 11.4 Å². The van der Waals surface area contributed by atoms with Crippen LogP contribution in [0, 0.1) is 27.9 Å². The van der Waals surface area contributed by atoms with E-state index in [4.69, 9.17) is 24.2 Å². The number of amides is 1. The van der Waals surface area contributed by atoms with Gasteiger partial charge >= 0.3 is 0 Å². The second-order valence-corrected chi connectivity index (χ2v) is 19.0. The number of rotatable bonds is 22. The molecule has 4 aromatic rings. The average Bonchev–Trinajstić information content (AvgIpc) is 3.32. The summed E-state index contributed by atoms with van der Waals surface area (Å²) in [5.74, 6) is -1.98. The highest BCUT2D eigenvalue weighted by Crippen LogP contribution is 2.62. The summed E-state index contributed by atoms with van der Waals surface area (Å²) in [6.45, 7) is 5.27. The van der Waals surface area contributed by atoms with Crippen molar-refractivity contribution >= 4 is 39.3 Å². The Morgan fingerprint density at radius 3 is 2.39 bits per heavy atom. The van der Waals surface area contributed by atoms with Crippen LogP contribution in [0.5, 0.6) is 17.2 Å². The molecule has 2 aliphatic carbocycles. The molecule has 3 aliphatic rings. The second-order valence-electron chi connectivity index (χ2n) is 17.0. The molecule has 0 unspecified atom stereocenters. The van der Waals surface area contributed by atoms with Gasteiger partial charge in [-0.05, 0) is 115 Å². The zero-order valence-electron chi connectivity index (χ0n) is 37.5. The Labute approximate surface area is 390 Å². The molecule has 17 heteroatoms. The summed E-state index contributed by atoms with van der Waals surface area (Å²) in [6, 6.07) is 23.0. The van der Waals surface area contributed by atoms with Crippen molar-refractivity contribution in [2.24, 2.45) is 22.9 Å². The van der Waals surface area contributed by atoms with E-state index in [2.05, 4.69) is 18.0 Å². The monoisotopic (exact) mass is 936 g/mol. The maximum Gasteiger partial charge on any atom is 0.269 e. The zero-order valence-corrected chi connectivity index (χ0v) is 38.3. The van der Waals surface area contributed by atoms with Crippen LogP contribution in [0.2, 0.25) is 0 Å². The minimum Gasteiger partial charge on any atom is -0.460 e. The van der Waals surface area contributed by atoms with Gasteiger partial charge in [-0.2, -0.15) is 4.31 Å². The molecule has 1 heterocycles. The lowest BCUT2D eigenvalue weighted by Crippen LogP contribution is -2.69. The van der Waals surface area contributed by atoms with Crippen molar-refractivity contribution in [2.75, 3.05) is 32.2 Å². The Bertz CT molecular complexity index is 2600. The molecule has 0 aromatic heterocycles. The van der Waals surface area contributed by atoms with Crippen LogP contribution in [-0.2, 0) is 31.0 Å². The topological polar surface area (TPSA) is 216 Å². The van der Waals surface area contributed by atoms with Crippen molar-refractivity contribution in [3.05, 3.63) is 142 Å². The van der Waals surface area contributed by atoms with Gasteiger partial charge < -0.3 is 34.6 Å². The van der Waals surface area contributed by atoms with Gasteiger partial charge in [-0.15, -0.1) is 6.58 Å². The van der Waals surface area contributed by atoms with E-state index in [-0.39, 0.29) is 61.2 Å². The zero-order chi connectivity index (χ0) is 47.7. The van der Waals surface area contributed by atoms with Crippen molar-refractivity contribution in [3.63, 3.8) is 0 Å². The Morgan fingerprint density at radius 2 is 1.72 bits per heavy atom. The molecule has 0 spiro atoms. The first-order valence-electron chi connectivity index (χ1n) is 22.4. The molecular weight excluding hydrogens is 881 g/mol. The van der Waals surface area contributed by atoms with Crippen LogP contribution >= 0.6 is 0 Å². The average molecular weight is 937 g/mol. The number of fused-ring (bicyclic) bond motifs is 2. The van der Waals surface area contributed by atoms with Crippen LogP contribution in [0.3, 0.4) is 0 Å². The molecule has 67 heavy (non-hydrogen) atoms. The van der Waals surface area contributed by atoms with Crippen LogP contribution in [0.25, 0.3) is 0 Å². The molecule has 3 N–H and O–H groups in total. The molecule has 354 valence electrons. The van der Waals surface area contributed by atoms with Crippen LogP contribution in [0.1, 0.15) is 79.3 Å². The Morgan fingerprint density at radius 1 is 1.00 bits per heavy atom. The number of oxime groups is 1. The van der Waals surface area contributed by atoms with Gasteiger partial charge in [0.05, 0.1) is 34.1 Å². The maximum absolute atomic E-state index is 14.9. The van der Waals surface area contributed by atoms with Crippen molar-refractivity contribution in [2.45, 2.75) is 81.1 Å². The fourth-order valence-corrected chi connectivity index (χ4v) is 11.1. The molecule has 1 amide bonds.